The number of benzene rings is 2. The third-order valence-corrected chi connectivity index (χ3v) is 4.89. The first-order valence-corrected chi connectivity index (χ1v) is 9.48. The zero-order chi connectivity index (χ0) is 20.8. The second kappa shape index (κ2) is 9.76. The molecule has 1 aliphatic rings. The van der Waals surface area contributed by atoms with Crippen LogP contribution in [0.25, 0.3) is 0 Å². The molecule has 1 amide bonds. The highest BCUT2D eigenvalue weighted by atomic mass is 35.5. The average Bonchev–Trinajstić information content (AvgIpc) is 2.70. The number of carbonyl (C=O) groups is 1. The van der Waals surface area contributed by atoms with Crippen LogP contribution in [0.3, 0.4) is 0 Å². The van der Waals surface area contributed by atoms with Crippen LogP contribution < -0.4 is 19.7 Å². The predicted octanol–water partition coefficient (Wildman–Crippen LogP) is 3.71. The number of rotatable bonds is 7. The molecule has 0 aliphatic carbocycles. The minimum Gasteiger partial charge on any atom is -0.497 e. The second-order valence-electron chi connectivity index (χ2n) is 6.54. The first kappa shape index (κ1) is 21.1. The summed E-state index contributed by atoms with van der Waals surface area (Å²) in [7, 11) is 1.64. The van der Waals surface area contributed by atoms with Crippen LogP contribution in [0.1, 0.15) is 0 Å². The maximum absolute atomic E-state index is 12.3. The highest BCUT2D eigenvalue weighted by Crippen LogP contribution is 2.29. The van der Waals surface area contributed by atoms with Crippen LogP contribution in [0.5, 0.6) is 11.5 Å². The van der Waals surface area contributed by atoms with Crippen LogP contribution >= 0.6 is 11.6 Å². The molecular formula is C20H22ClF2N3O3. The molecule has 2 aromatic rings. The van der Waals surface area contributed by atoms with Crippen molar-refractivity contribution in [1.82, 2.24) is 4.90 Å². The Morgan fingerprint density at radius 2 is 1.93 bits per heavy atom. The van der Waals surface area contributed by atoms with Gasteiger partial charge < -0.3 is 19.7 Å². The largest absolute Gasteiger partial charge is 0.497 e. The Morgan fingerprint density at radius 3 is 2.59 bits per heavy atom. The van der Waals surface area contributed by atoms with E-state index in [1.165, 1.54) is 18.2 Å². The fourth-order valence-corrected chi connectivity index (χ4v) is 3.37. The molecule has 0 unspecified atom stereocenters. The van der Waals surface area contributed by atoms with Crippen molar-refractivity contribution in [1.29, 1.82) is 0 Å². The fraction of sp³-hybridized carbons (Fsp3) is 0.350. The molecule has 29 heavy (non-hydrogen) atoms. The number of nitrogens with one attached hydrogen (secondary N) is 1. The van der Waals surface area contributed by atoms with E-state index in [-0.39, 0.29) is 23.2 Å². The third-order valence-electron chi connectivity index (χ3n) is 4.59. The number of hydrogen-bond donors (Lipinski definition) is 1. The van der Waals surface area contributed by atoms with Gasteiger partial charge in [0.15, 0.2) is 0 Å². The molecule has 3 rings (SSSR count). The molecule has 0 bridgehead atoms. The highest BCUT2D eigenvalue weighted by molar-refractivity contribution is 6.32. The zero-order valence-corrected chi connectivity index (χ0v) is 16.7. The van der Waals surface area contributed by atoms with E-state index >= 15 is 0 Å². The summed E-state index contributed by atoms with van der Waals surface area (Å²) in [5, 5.41) is 2.74. The second-order valence-corrected chi connectivity index (χ2v) is 6.94. The van der Waals surface area contributed by atoms with Crippen molar-refractivity contribution >= 4 is 28.9 Å². The maximum atomic E-state index is 12.3. The lowest BCUT2D eigenvalue weighted by Crippen LogP contribution is -2.48. The third kappa shape index (κ3) is 5.95. The van der Waals surface area contributed by atoms with Gasteiger partial charge in [-0.25, -0.2) is 0 Å². The Bertz CT molecular complexity index is 845. The van der Waals surface area contributed by atoms with Gasteiger partial charge in [0.05, 0.1) is 18.7 Å². The van der Waals surface area contributed by atoms with Crippen molar-refractivity contribution in [2.75, 3.05) is 50.1 Å². The summed E-state index contributed by atoms with van der Waals surface area (Å²) in [6.45, 7) is 0.360. The molecule has 156 valence electrons. The molecule has 1 N–H and O–H groups in total. The van der Waals surface area contributed by atoms with Gasteiger partial charge in [-0.2, -0.15) is 8.78 Å². The Labute approximate surface area is 172 Å². The number of amides is 1. The first-order valence-electron chi connectivity index (χ1n) is 9.10. The van der Waals surface area contributed by atoms with Crippen molar-refractivity contribution < 1.29 is 23.0 Å². The van der Waals surface area contributed by atoms with E-state index in [9.17, 15) is 13.6 Å². The molecule has 1 saturated heterocycles. The standard InChI is InChI=1S/C20H22ClF2N3O3/c1-28-16-4-2-3-15(12-16)26-9-7-25(8-10-26)13-19(27)24-14-5-6-18(17(21)11-14)29-20(22)23/h2-6,11-12,20H,7-10,13H2,1H3,(H,24,27). The summed E-state index contributed by atoms with van der Waals surface area (Å²) in [5.41, 5.74) is 1.52. The lowest BCUT2D eigenvalue weighted by Gasteiger charge is -2.35. The Morgan fingerprint density at radius 1 is 1.17 bits per heavy atom. The van der Waals surface area contributed by atoms with E-state index in [1.807, 2.05) is 24.3 Å². The highest BCUT2D eigenvalue weighted by Gasteiger charge is 2.20. The minimum atomic E-state index is -2.96. The number of nitrogens with zero attached hydrogens (tertiary/aromatic N) is 2. The zero-order valence-electron chi connectivity index (χ0n) is 15.9. The SMILES string of the molecule is COc1cccc(N2CCN(CC(=O)Nc3ccc(OC(F)F)c(Cl)c3)CC2)c1. The van der Waals surface area contributed by atoms with E-state index in [1.54, 1.807) is 7.11 Å². The summed E-state index contributed by atoms with van der Waals surface area (Å²) in [6, 6.07) is 12.1. The summed E-state index contributed by atoms with van der Waals surface area (Å²) in [6.07, 6.45) is 0. The lowest BCUT2D eigenvalue weighted by atomic mass is 10.2. The molecule has 9 heteroatoms. The lowest BCUT2D eigenvalue weighted by molar-refractivity contribution is -0.117. The van der Waals surface area contributed by atoms with Gasteiger partial charge in [-0.15, -0.1) is 0 Å². The summed E-state index contributed by atoms with van der Waals surface area (Å²) < 4.78 is 34.1. The Kier molecular flexibility index (Phi) is 7.11. The number of carbonyl (C=O) groups excluding carboxylic acids is 1. The van der Waals surface area contributed by atoms with Gasteiger partial charge in [-0.3, -0.25) is 9.69 Å². The molecule has 0 spiro atoms. The minimum absolute atomic E-state index is 0.00926. The van der Waals surface area contributed by atoms with Gasteiger partial charge in [0.2, 0.25) is 5.91 Å². The summed E-state index contributed by atoms with van der Waals surface area (Å²) in [4.78, 5) is 16.6. The molecule has 0 radical (unpaired) electrons. The van der Waals surface area contributed by atoms with Crippen LogP contribution in [0.15, 0.2) is 42.5 Å². The quantitative estimate of drug-likeness (QED) is 0.733. The maximum Gasteiger partial charge on any atom is 0.387 e. The molecule has 1 heterocycles. The number of ether oxygens (including phenoxy) is 2. The van der Waals surface area contributed by atoms with Crippen LogP contribution in [0, 0.1) is 0 Å². The number of halogens is 3. The molecule has 1 fully saturated rings. The topological polar surface area (TPSA) is 54.0 Å². The number of methoxy groups -OCH3 is 1. The van der Waals surface area contributed by atoms with Crippen LogP contribution in [0.4, 0.5) is 20.2 Å². The van der Waals surface area contributed by atoms with Gasteiger partial charge in [-0.1, -0.05) is 17.7 Å². The van der Waals surface area contributed by atoms with Crippen LogP contribution in [-0.2, 0) is 4.79 Å². The number of anilines is 2. The predicted molar refractivity (Wildman–Crippen MR) is 108 cm³/mol. The van der Waals surface area contributed by atoms with Crippen molar-refractivity contribution in [2.45, 2.75) is 6.61 Å². The van der Waals surface area contributed by atoms with E-state index in [4.69, 9.17) is 16.3 Å². The summed E-state index contributed by atoms with van der Waals surface area (Å²) >= 11 is 5.91. The normalized spacial score (nSPS) is 14.7. The van der Waals surface area contributed by atoms with E-state index in [0.717, 1.165) is 37.6 Å². The van der Waals surface area contributed by atoms with Crippen LogP contribution in [-0.4, -0.2) is 57.3 Å². The Balaban J connectivity index is 1.49. The molecule has 1 aliphatic heterocycles. The number of alkyl halides is 2. The van der Waals surface area contributed by atoms with Gasteiger partial charge in [-0.05, 0) is 30.3 Å². The fourth-order valence-electron chi connectivity index (χ4n) is 3.15. The number of hydrogen-bond acceptors (Lipinski definition) is 5. The number of piperazine rings is 1. The Hall–Kier alpha value is -2.58. The first-order chi connectivity index (χ1) is 13.9. The van der Waals surface area contributed by atoms with Crippen molar-refractivity contribution in [3.8, 4) is 11.5 Å². The summed E-state index contributed by atoms with van der Waals surface area (Å²) in [5.74, 6) is 0.486. The van der Waals surface area contributed by atoms with E-state index < -0.39 is 6.61 Å². The van der Waals surface area contributed by atoms with Crippen molar-refractivity contribution in [2.24, 2.45) is 0 Å². The van der Waals surface area contributed by atoms with Gasteiger partial charge in [0.1, 0.15) is 11.5 Å². The monoisotopic (exact) mass is 425 g/mol. The molecule has 6 nitrogen and oxygen atoms in total. The molecule has 0 saturated carbocycles. The van der Waals surface area contributed by atoms with E-state index in [0.29, 0.717) is 5.69 Å². The average molecular weight is 426 g/mol. The molecule has 0 aromatic heterocycles. The van der Waals surface area contributed by atoms with Gasteiger partial charge >= 0.3 is 6.61 Å². The molecule has 2 aromatic carbocycles. The molecular weight excluding hydrogens is 404 g/mol. The van der Waals surface area contributed by atoms with Gasteiger partial charge in [0.25, 0.3) is 0 Å². The van der Waals surface area contributed by atoms with Gasteiger partial charge in [0, 0.05) is 43.6 Å². The smallest absolute Gasteiger partial charge is 0.387 e. The van der Waals surface area contributed by atoms with Crippen molar-refractivity contribution in [3.63, 3.8) is 0 Å². The van der Waals surface area contributed by atoms with E-state index in [2.05, 4.69) is 19.9 Å². The van der Waals surface area contributed by atoms with Crippen LogP contribution in [0.2, 0.25) is 5.02 Å². The van der Waals surface area contributed by atoms with Crippen molar-refractivity contribution in [3.05, 3.63) is 47.5 Å². The molecule has 0 atom stereocenters.